The molecular weight excluding hydrogens is 436 g/mol. The first-order valence-corrected chi connectivity index (χ1v) is 13.2. The highest BCUT2D eigenvalue weighted by Crippen LogP contribution is 2.30. The molecule has 1 rings (SSSR count). The second-order valence-electron chi connectivity index (χ2n) is 7.84. The number of aryl methyl sites for hydroxylation is 1. The molecule has 0 fully saturated rings. The Bertz CT molecular complexity index is 845. The SMILES string of the molecule is CC(C)C#CCNC(=O)COCCNC(SS(=O)(=O)O)c1cccc(CCC(C)C)c1. The van der Waals surface area contributed by atoms with Gasteiger partial charge in [-0.3, -0.25) is 14.7 Å². The van der Waals surface area contributed by atoms with Crippen LogP contribution in [0, 0.1) is 23.7 Å². The lowest BCUT2D eigenvalue weighted by atomic mass is 10.0. The van der Waals surface area contributed by atoms with Crippen LogP contribution in [-0.4, -0.2) is 45.2 Å². The van der Waals surface area contributed by atoms with Crippen molar-refractivity contribution in [1.29, 1.82) is 0 Å². The van der Waals surface area contributed by atoms with Gasteiger partial charge in [0.2, 0.25) is 5.91 Å². The fraction of sp³-hybridized carbons (Fsp3) is 0.591. The minimum atomic E-state index is -4.25. The van der Waals surface area contributed by atoms with Gasteiger partial charge in [-0.25, -0.2) is 0 Å². The van der Waals surface area contributed by atoms with Crippen molar-refractivity contribution in [1.82, 2.24) is 10.6 Å². The maximum Gasteiger partial charge on any atom is 0.321 e. The van der Waals surface area contributed by atoms with E-state index in [-0.39, 0.29) is 31.6 Å². The number of nitrogens with one attached hydrogen (secondary N) is 2. The van der Waals surface area contributed by atoms with Crippen molar-refractivity contribution >= 4 is 25.9 Å². The predicted octanol–water partition coefficient (Wildman–Crippen LogP) is 3.19. The van der Waals surface area contributed by atoms with Gasteiger partial charge in [0.15, 0.2) is 0 Å². The molecule has 1 atom stereocenters. The zero-order valence-electron chi connectivity index (χ0n) is 18.7. The maximum absolute atomic E-state index is 11.7. The highest BCUT2D eigenvalue weighted by atomic mass is 33.1. The normalized spacial score (nSPS) is 12.5. The summed E-state index contributed by atoms with van der Waals surface area (Å²) in [6.07, 6.45) is 1.93. The Labute approximate surface area is 190 Å². The minimum Gasteiger partial charge on any atom is -0.370 e. The molecule has 1 unspecified atom stereocenters. The van der Waals surface area contributed by atoms with Crippen LogP contribution in [0.5, 0.6) is 0 Å². The molecule has 174 valence electrons. The Hall–Kier alpha value is -1.57. The van der Waals surface area contributed by atoms with Crippen LogP contribution >= 0.6 is 10.8 Å². The molecule has 3 N–H and O–H groups in total. The fourth-order valence-corrected chi connectivity index (χ4v) is 4.53. The average molecular weight is 471 g/mol. The second kappa shape index (κ2) is 14.5. The van der Waals surface area contributed by atoms with Crippen molar-refractivity contribution in [3.05, 3.63) is 35.4 Å². The van der Waals surface area contributed by atoms with Gasteiger partial charge >= 0.3 is 9.15 Å². The highest BCUT2D eigenvalue weighted by molar-refractivity contribution is 8.70. The third-order valence-electron chi connectivity index (χ3n) is 4.06. The van der Waals surface area contributed by atoms with E-state index >= 15 is 0 Å². The number of benzene rings is 1. The summed E-state index contributed by atoms with van der Waals surface area (Å²) in [5, 5.41) is 5.06. The summed E-state index contributed by atoms with van der Waals surface area (Å²) in [7, 11) is -3.81. The predicted molar refractivity (Wildman–Crippen MR) is 126 cm³/mol. The number of carbonyl (C=O) groups is 1. The number of carbonyl (C=O) groups excluding carboxylic acids is 1. The van der Waals surface area contributed by atoms with E-state index in [1.807, 2.05) is 38.1 Å². The van der Waals surface area contributed by atoms with Crippen molar-refractivity contribution in [3.63, 3.8) is 0 Å². The van der Waals surface area contributed by atoms with Gasteiger partial charge in [0, 0.05) is 23.3 Å². The van der Waals surface area contributed by atoms with Crippen molar-refractivity contribution in [2.45, 2.75) is 45.9 Å². The number of rotatable bonds is 13. The second-order valence-corrected chi connectivity index (χ2v) is 11.2. The number of ether oxygens (including phenoxy) is 1. The molecule has 0 spiro atoms. The summed E-state index contributed by atoms with van der Waals surface area (Å²) >= 11 is 0. The Morgan fingerprint density at radius 3 is 2.65 bits per heavy atom. The van der Waals surface area contributed by atoms with Crippen LogP contribution in [0.25, 0.3) is 0 Å². The van der Waals surface area contributed by atoms with Gasteiger partial charge in [-0.2, -0.15) is 8.42 Å². The molecule has 0 radical (unpaired) electrons. The van der Waals surface area contributed by atoms with Crippen molar-refractivity contribution in [2.75, 3.05) is 26.3 Å². The van der Waals surface area contributed by atoms with Crippen molar-refractivity contribution < 1.29 is 22.5 Å². The van der Waals surface area contributed by atoms with Gasteiger partial charge in [-0.1, -0.05) is 63.8 Å². The smallest absolute Gasteiger partial charge is 0.321 e. The molecule has 0 aliphatic carbocycles. The van der Waals surface area contributed by atoms with Gasteiger partial charge in [0.1, 0.15) is 6.61 Å². The van der Waals surface area contributed by atoms with E-state index < -0.39 is 14.5 Å². The van der Waals surface area contributed by atoms with Gasteiger partial charge in [-0.05, 0) is 29.9 Å². The van der Waals surface area contributed by atoms with Gasteiger partial charge < -0.3 is 10.1 Å². The molecule has 0 aromatic heterocycles. The van der Waals surface area contributed by atoms with Crippen LogP contribution in [0.4, 0.5) is 0 Å². The number of hydrogen-bond donors (Lipinski definition) is 3. The van der Waals surface area contributed by atoms with Crippen LogP contribution < -0.4 is 10.6 Å². The average Bonchev–Trinajstić information content (AvgIpc) is 2.67. The van der Waals surface area contributed by atoms with Gasteiger partial charge in [-0.15, -0.1) is 0 Å². The summed E-state index contributed by atoms with van der Waals surface area (Å²) in [5.41, 5.74) is 1.87. The van der Waals surface area contributed by atoms with E-state index in [0.717, 1.165) is 24.0 Å². The van der Waals surface area contributed by atoms with E-state index in [2.05, 4.69) is 36.3 Å². The topological polar surface area (TPSA) is 105 Å². The molecule has 0 heterocycles. The first-order valence-electron chi connectivity index (χ1n) is 10.4. The van der Waals surface area contributed by atoms with Crippen LogP contribution in [-0.2, 0) is 25.1 Å². The monoisotopic (exact) mass is 470 g/mol. The van der Waals surface area contributed by atoms with Crippen LogP contribution in [0.2, 0.25) is 0 Å². The molecule has 0 saturated heterocycles. The molecule has 1 aromatic rings. The molecule has 0 bridgehead atoms. The minimum absolute atomic E-state index is 0.105. The van der Waals surface area contributed by atoms with Crippen molar-refractivity contribution in [3.8, 4) is 11.8 Å². The summed E-state index contributed by atoms with van der Waals surface area (Å²) in [6.45, 7) is 8.94. The molecule has 0 saturated carbocycles. The van der Waals surface area contributed by atoms with Crippen LogP contribution in [0.3, 0.4) is 0 Å². The lowest BCUT2D eigenvalue weighted by Crippen LogP contribution is -2.30. The number of hydrogen-bond acceptors (Lipinski definition) is 6. The quantitative estimate of drug-likeness (QED) is 0.134. The standard InChI is InChI=1S/C22H34N2O5S2/c1-17(2)7-6-12-23-21(25)16-29-14-13-24-22(30-31(26,27)28)20-9-5-8-19(15-20)11-10-18(3)4/h5,8-9,15,17-18,22,24H,10-14,16H2,1-4H3,(H,23,25)(H,26,27,28). The fourth-order valence-electron chi connectivity index (χ4n) is 2.57. The Morgan fingerprint density at radius 2 is 2.00 bits per heavy atom. The van der Waals surface area contributed by atoms with E-state index in [0.29, 0.717) is 23.3 Å². The zero-order chi connectivity index (χ0) is 23.3. The van der Waals surface area contributed by atoms with Crippen LogP contribution in [0.1, 0.15) is 50.6 Å². The number of amides is 1. The molecule has 9 heteroatoms. The van der Waals surface area contributed by atoms with Gasteiger partial charge in [0.25, 0.3) is 0 Å². The summed E-state index contributed by atoms with van der Waals surface area (Å²) in [4.78, 5) is 11.7. The largest absolute Gasteiger partial charge is 0.370 e. The first kappa shape index (κ1) is 27.5. The molecule has 7 nitrogen and oxygen atoms in total. The van der Waals surface area contributed by atoms with Crippen LogP contribution in [0.15, 0.2) is 24.3 Å². The molecule has 1 aromatic carbocycles. The summed E-state index contributed by atoms with van der Waals surface area (Å²) in [6, 6.07) is 7.66. The third-order valence-corrected chi connectivity index (χ3v) is 6.24. The first-order chi connectivity index (χ1) is 14.6. The molecule has 31 heavy (non-hydrogen) atoms. The maximum atomic E-state index is 11.7. The Kier molecular flexibility index (Phi) is 12.8. The lowest BCUT2D eigenvalue weighted by Gasteiger charge is -2.18. The van der Waals surface area contributed by atoms with E-state index in [1.54, 1.807) is 0 Å². The van der Waals surface area contributed by atoms with E-state index in [1.165, 1.54) is 0 Å². The molecule has 0 aliphatic rings. The van der Waals surface area contributed by atoms with Gasteiger partial charge in [0.05, 0.1) is 18.5 Å². The Balaban J connectivity index is 2.54. The van der Waals surface area contributed by atoms with E-state index in [9.17, 15) is 17.8 Å². The summed E-state index contributed by atoms with van der Waals surface area (Å²) < 4.78 is 37.5. The zero-order valence-corrected chi connectivity index (χ0v) is 20.3. The van der Waals surface area contributed by atoms with Crippen molar-refractivity contribution in [2.24, 2.45) is 11.8 Å². The highest BCUT2D eigenvalue weighted by Gasteiger charge is 2.20. The third kappa shape index (κ3) is 14.2. The van der Waals surface area contributed by atoms with E-state index in [4.69, 9.17) is 4.74 Å². The lowest BCUT2D eigenvalue weighted by molar-refractivity contribution is -0.125. The molecule has 0 aliphatic heterocycles. The Morgan fingerprint density at radius 1 is 1.26 bits per heavy atom. The summed E-state index contributed by atoms with van der Waals surface area (Å²) in [5.74, 6) is 6.37. The molecule has 1 amide bonds. The molecular formula is C22H34N2O5S2.